The Morgan fingerprint density at radius 1 is 1.07 bits per heavy atom. The Morgan fingerprint density at radius 2 is 1.79 bits per heavy atom. The summed E-state index contributed by atoms with van der Waals surface area (Å²) in [6, 6.07) is 8.13. The lowest BCUT2D eigenvalue weighted by molar-refractivity contribution is -0.138. The first-order valence-corrected chi connectivity index (χ1v) is 10.2. The van der Waals surface area contributed by atoms with Gasteiger partial charge in [0, 0.05) is 37.2 Å². The molecule has 0 spiro atoms. The number of aryl methyl sites for hydroxylation is 1. The van der Waals surface area contributed by atoms with Crippen LogP contribution in [0.4, 0.5) is 5.69 Å². The van der Waals surface area contributed by atoms with E-state index in [2.05, 4.69) is 21.8 Å². The van der Waals surface area contributed by atoms with Crippen LogP contribution in [0.5, 0.6) is 0 Å². The van der Waals surface area contributed by atoms with Gasteiger partial charge >= 0.3 is 0 Å². The predicted octanol–water partition coefficient (Wildman–Crippen LogP) is 1.48. The Labute approximate surface area is 166 Å². The minimum Gasteiger partial charge on any atom is -0.362 e. The molecule has 0 saturated carbocycles. The number of rotatable bonds is 4. The standard InChI is InChI=1S/C21H30N4O3/c1-15(2)21(28)24-12-9-17(10-13-24)20(27)23-22-19(26)14-25-11-5-7-16-6-3-4-8-18(16)25/h3-4,6,8,15,17H,5,7,9-14H2,1-2H3,(H,22,26)(H,23,27). The average molecular weight is 386 g/mol. The molecule has 152 valence electrons. The molecule has 2 N–H and O–H groups in total. The van der Waals surface area contributed by atoms with Gasteiger partial charge in [-0.25, -0.2) is 0 Å². The summed E-state index contributed by atoms with van der Waals surface area (Å²) in [5, 5.41) is 0. The molecule has 3 rings (SSSR count). The van der Waals surface area contributed by atoms with Crippen molar-refractivity contribution >= 4 is 23.4 Å². The molecule has 7 heteroatoms. The summed E-state index contributed by atoms with van der Waals surface area (Å²) in [4.78, 5) is 40.6. The van der Waals surface area contributed by atoms with Gasteiger partial charge in [-0.15, -0.1) is 0 Å². The molecular formula is C21H30N4O3. The molecule has 0 atom stereocenters. The highest BCUT2D eigenvalue weighted by Gasteiger charge is 2.28. The Hall–Kier alpha value is -2.57. The number of carbonyl (C=O) groups is 3. The van der Waals surface area contributed by atoms with Crippen LogP contribution in [0, 0.1) is 11.8 Å². The Morgan fingerprint density at radius 3 is 2.50 bits per heavy atom. The molecule has 0 unspecified atom stereocenters. The number of para-hydroxylation sites is 1. The van der Waals surface area contributed by atoms with Gasteiger partial charge in [-0.1, -0.05) is 32.0 Å². The van der Waals surface area contributed by atoms with E-state index in [-0.39, 0.29) is 36.1 Å². The second-order valence-corrected chi connectivity index (χ2v) is 7.95. The molecule has 2 heterocycles. The third kappa shape index (κ3) is 4.82. The third-order valence-corrected chi connectivity index (χ3v) is 5.54. The third-order valence-electron chi connectivity index (χ3n) is 5.54. The molecule has 1 saturated heterocycles. The zero-order valence-corrected chi connectivity index (χ0v) is 16.7. The quantitative estimate of drug-likeness (QED) is 0.768. The average Bonchev–Trinajstić information content (AvgIpc) is 2.72. The second kappa shape index (κ2) is 9.08. The van der Waals surface area contributed by atoms with Crippen molar-refractivity contribution in [3.8, 4) is 0 Å². The Bertz CT molecular complexity index is 726. The van der Waals surface area contributed by atoms with E-state index in [1.807, 2.05) is 36.9 Å². The van der Waals surface area contributed by atoms with E-state index in [1.54, 1.807) is 0 Å². The number of nitrogens with one attached hydrogen (secondary N) is 2. The highest BCUT2D eigenvalue weighted by atomic mass is 16.2. The summed E-state index contributed by atoms with van der Waals surface area (Å²) < 4.78 is 0. The summed E-state index contributed by atoms with van der Waals surface area (Å²) in [5.74, 6) is -0.465. The molecule has 1 aromatic rings. The molecule has 28 heavy (non-hydrogen) atoms. The van der Waals surface area contributed by atoms with Gasteiger partial charge in [0.05, 0.1) is 6.54 Å². The molecule has 1 aromatic carbocycles. The lowest BCUT2D eigenvalue weighted by Gasteiger charge is -2.32. The number of fused-ring (bicyclic) bond motifs is 1. The van der Waals surface area contributed by atoms with Gasteiger partial charge in [-0.05, 0) is 37.3 Å². The fourth-order valence-electron chi connectivity index (χ4n) is 3.95. The molecule has 0 radical (unpaired) electrons. The van der Waals surface area contributed by atoms with Crippen LogP contribution in [-0.2, 0) is 20.8 Å². The van der Waals surface area contributed by atoms with Crippen LogP contribution in [0.3, 0.4) is 0 Å². The minimum atomic E-state index is -0.225. The largest absolute Gasteiger partial charge is 0.362 e. The van der Waals surface area contributed by atoms with Crippen LogP contribution in [0.15, 0.2) is 24.3 Å². The van der Waals surface area contributed by atoms with Crippen molar-refractivity contribution in [3.05, 3.63) is 29.8 Å². The van der Waals surface area contributed by atoms with Crippen LogP contribution < -0.4 is 15.8 Å². The topological polar surface area (TPSA) is 81.8 Å². The molecule has 0 bridgehead atoms. The second-order valence-electron chi connectivity index (χ2n) is 7.95. The molecule has 7 nitrogen and oxygen atoms in total. The fourth-order valence-corrected chi connectivity index (χ4v) is 3.95. The molecular weight excluding hydrogens is 356 g/mol. The van der Waals surface area contributed by atoms with Crippen LogP contribution in [-0.4, -0.2) is 48.8 Å². The maximum Gasteiger partial charge on any atom is 0.257 e. The van der Waals surface area contributed by atoms with E-state index in [1.165, 1.54) is 5.56 Å². The number of amides is 3. The van der Waals surface area contributed by atoms with E-state index < -0.39 is 0 Å². The van der Waals surface area contributed by atoms with Crippen LogP contribution in [0.25, 0.3) is 0 Å². The van der Waals surface area contributed by atoms with Gasteiger partial charge in [0.1, 0.15) is 0 Å². The van der Waals surface area contributed by atoms with Crippen molar-refractivity contribution in [1.29, 1.82) is 0 Å². The molecule has 3 amide bonds. The number of nitrogens with zero attached hydrogens (tertiary/aromatic N) is 2. The highest BCUT2D eigenvalue weighted by molar-refractivity contribution is 5.86. The molecule has 0 aromatic heterocycles. The Balaban J connectivity index is 1.43. The fraction of sp³-hybridized carbons (Fsp3) is 0.571. The number of hydrogen-bond acceptors (Lipinski definition) is 4. The van der Waals surface area contributed by atoms with Crippen molar-refractivity contribution < 1.29 is 14.4 Å². The first-order chi connectivity index (χ1) is 13.5. The summed E-state index contributed by atoms with van der Waals surface area (Å²) in [5.41, 5.74) is 7.47. The number of likely N-dealkylation sites (tertiary alicyclic amines) is 1. The van der Waals surface area contributed by atoms with Crippen molar-refractivity contribution in [2.24, 2.45) is 11.8 Å². The normalized spacial score (nSPS) is 17.2. The maximum absolute atomic E-state index is 12.4. The summed E-state index contributed by atoms with van der Waals surface area (Å²) in [6.07, 6.45) is 3.30. The van der Waals surface area contributed by atoms with Gasteiger partial charge in [0.25, 0.3) is 5.91 Å². The predicted molar refractivity (Wildman–Crippen MR) is 107 cm³/mol. The lowest BCUT2D eigenvalue weighted by atomic mass is 9.95. The summed E-state index contributed by atoms with van der Waals surface area (Å²) >= 11 is 0. The van der Waals surface area contributed by atoms with Gasteiger partial charge in [0.15, 0.2) is 0 Å². The summed E-state index contributed by atoms with van der Waals surface area (Å²) in [7, 11) is 0. The van der Waals surface area contributed by atoms with Gasteiger partial charge in [-0.3, -0.25) is 25.2 Å². The molecule has 1 fully saturated rings. The van der Waals surface area contributed by atoms with E-state index >= 15 is 0 Å². The minimum absolute atomic E-state index is 0.0235. The zero-order chi connectivity index (χ0) is 20.1. The smallest absolute Gasteiger partial charge is 0.257 e. The highest BCUT2D eigenvalue weighted by Crippen LogP contribution is 2.26. The van der Waals surface area contributed by atoms with Crippen molar-refractivity contribution in [3.63, 3.8) is 0 Å². The number of hydrogen-bond donors (Lipinski definition) is 2. The zero-order valence-electron chi connectivity index (χ0n) is 16.7. The van der Waals surface area contributed by atoms with E-state index in [9.17, 15) is 14.4 Å². The van der Waals surface area contributed by atoms with Crippen LogP contribution in [0.2, 0.25) is 0 Å². The van der Waals surface area contributed by atoms with Crippen molar-refractivity contribution in [2.45, 2.75) is 39.5 Å². The van der Waals surface area contributed by atoms with Gasteiger partial charge in [-0.2, -0.15) is 0 Å². The van der Waals surface area contributed by atoms with Crippen LogP contribution in [0.1, 0.15) is 38.7 Å². The van der Waals surface area contributed by atoms with Gasteiger partial charge < -0.3 is 9.80 Å². The van der Waals surface area contributed by atoms with Gasteiger partial charge in [0.2, 0.25) is 11.8 Å². The van der Waals surface area contributed by atoms with E-state index in [0.29, 0.717) is 25.9 Å². The lowest BCUT2D eigenvalue weighted by Crippen LogP contribution is -2.51. The molecule has 2 aliphatic rings. The number of hydrazine groups is 1. The molecule has 2 aliphatic heterocycles. The Kier molecular flexibility index (Phi) is 6.54. The van der Waals surface area contributed by atoms with E-state index in [0.717, 1.165) is 25.1 Å². The monoisotopic (exact) mass is 386 g/mol. The molecule has 0 aliphatic carbocycles. The van der Waals surface area contributed by atoms with Crippen molar-refractivity contribution in [1.82, 2.24) is 15.8 Å². The first kappa shape index (κ1) is 20.2. The van der Waals surface area contributed by atoms with Crippen molar-refractivity contribution in [2.75, 3.05) is 31.1 Å². The summed E-state index contributed by atoms with van der Waals surface area (Å²) in [6.45, 7) is 6.01. The number of carbonyl (C=O) groups excluding carboxylic acids is 3. The maximum atomic E-state index is 12.4. The SMILES string of the molecule is CC(C)C(=O)N1CCC(C(=O)NNC(=O)CN2CCCc3ccccc32)CC1. The van der Waals surface area contributed by atoms with Crippen LogP contribution >= 0.6 is 0 Å². The number of piperidine rings is 1. The number of anilines is 1. The first-order valence-electron chi connectivity index (χ1n) is 10.2. The van der Waals surface area contributed by atoms with E-state index in [4.69, 9.17) is 0 Å². The number of benzene rings is 1.